The third-order valence-electron chi connectivity index (χ3n) is 4.02. The Hall–Kier alpha value is -2.36. The van der Waals surface area contributed by atoms with Crippen molar-refractivity contribution in [1.82, 2.24) is 10.3 Å². The smallest absolute Gasteiger partial charge is 0.230 e. The summed E-state index contributed by atoms with van der Waals surface area (Å²) in [5.74, 6) is 0.0792. The molecular weight excluding hydrogens is 262 g/mol. The molecule has 0 aliphatic heterocycles. The Labute approximate surface area is 124 Å². The third-order valence-corrected chi connectivity index (χ3v) is 4.02. The van der Waals surface area contributed by atoms with Gasteiger partial charge in [-0.25, -0.2) is 0 Å². The van der Waals surface area contributed by atoms with Crippen LogP contribution in [0.1, 0.15) is 29.8 Å². The highest BCUT2D eigenvalue weighted by Gasteiger charge is 2.51. The Bertz CT molecular complexity index is 660. The minimum atomic E-state index is -0.364. The van der Waals surface area contributed by atoms with Gasteiger partial charge in [0.1, 0.15) is 0 Å². The highest BCUT2D eigenvalue weighted by atomic mass is 16.2. The summed E-state index contributed by atoms with van der Waals surface area (Å²) in [6, 6.07) is 13.4. The van der Waals surface area contributed by atoms with Gasteiger partial charge in [0, 0.05) is 11.4 Å². The summed E-state index contributed by atoms with van der Waals surface area (Å²) in [6.07, 6.45) is 1.79. The van der Waals surface area contributed by atoms with Gasteiger partial charge in [0.15, 0.2) is 0 Å². The van der Waals surface area contributed by atoms with Gasteiger partial charge >= 0.3 is 0 Å². The summed E-state index contributed by atoms with van der Waals surface area (Å²) in [5.41, 5.74) is 8.96. The van der Waals surface area contributed by atoms with E-state index in [1.54, 1.807) is 0 Å². The molecule has 4 heteroatoms. The Morgan fingerprint density at radius 3 is 2.57 bits per heavy atom. The predicted octanol–water partition coefficient (Wildman–Crippen LogP) is 2.32. The second-order valence-electron chi connectivity index (χ2n) is 5.66. The number of aromatic nitrogens is 1. The van der Waals surface area contributed by atoms with E-state index in [2.05, 4.69) is 10.3 Å². The first kappa shape index (κ1) is 13.6. The standard InChI is InChI=1S/C17H19N3O/c1-12-3-2-4-15(20-12)11-19-16(21)17(9-10-17)13-5-7-14(18)8-6-13/h2-8H,9-11,18H2,1H3,(H,19,21). The molecule has 2 aromatic rings. The number of nitrogen functional groups attached to an aromatic ring is 1. The minimum Gasteiger partial charge on any atom is -0.399 e. The van der Waals surface area contributed by atoms with Gasteiger partial charge in [-0.2, -0.15) is 0 Å². The molecule has 108 valence electrons. The van der Waals surface area contributed by atoms with Gasteiger partial charge in [0.2, 0.25) is 5.91 Å². The van der Waals surface area contributed by atoms with Crippen LogP contribution in [0.4, 0.5) is 5.69 Å². The Morgan fingerprint density at radius 1 is 1.24 bits per heavy atom. The van der Waals surface area contributed by atoms with Crippen molar-refractivity contribution in [3.05, 3.63) is 59.4 Å². The molecule has 1 heterocycles. The molecule has 0 unspecified atom stereocenters. The van der Waals surface area contributed by atoms with Gasteiger partial charge in [-0.3, -0.25) is 9.78 Å². The molecule has 0 radical (unpaired) electrons. The average molecular weight is 281 g/mol. The molecule has 3 N–H and O–H groups in total. The zero-order chi connectivity index (χ0) is 14.9. The molecule has 1 aromatic heterocycles. The van der Waals surface area contributed by atoms with Crippen LogP contribution in [-0.2, 0) is 16.8 Å². The number of aryl methyl sites for hydroxylation is 1. The number of carbonyl (C=O) groups excluding carboxylic acids is 1. The first-order valence-electron chi connectivity index (χ1n) is 7.17. The van der Waals surface area contributed by atoms with Crippen molar-refractivity contribution in [2.75, 3.05) is 5.73 Å². The van der Waals surface area contributed by atoms with Crippen molar-refractivity contribution in [2.24, 2.45) is 0 Å². The second-order valence-corrected chi connectivity index (χ2v) is 5.66. The number of anilines is 1. The zero-order valence-corrected chi connectivity index (χ0v) is 12.1. The van der Waals surface area contributed by atoms with E-state index in [0.29, 0.717) is 6.54 Å². The van der Waals surface area contributed by atoms with Crippen molar-refractivity contribution in [3.63, 3.8) is 0 Å². The van der Waals surface area contributed by atoms with Crippen molar-refractivity contribution in [3.8, 4) is 0 Å². The van der Waals surface area contributed by atoms with Crippen LogP contribution in [0.3, 0.4) is 0 Å². The molecule has 4 nitrogen and oxygen atoms in total. The van der Waals surface area contributed by atoms with Crippen molar-refractivity contribution in [2.45, 2.75) is 31.7 Å². The maximum Gasteiger partial charge on any atom is 0.230 e. The monoisotopic (exact) mass is 281 g/mol. The number of nitrogens with two attached hydrogens (primary N) is 1. The topological polar surface area (TPSA) is 68.0 Å². The zero-order valence-electron chi connectivity index (χ0n) is 12.1. The van der Waals surface area contributed by atoms with Gasteiger partial charge < -0.3 is 11.1 Å². The maximum atomic E-state index is 12.5. The lowest BCUT2D eigenvalue weighted by molar-refractivity contribution is -0.123. The van der Waals surface area contributed by atoms with Gasteiger partial charge in [-0.1, -0.05) is 18.2 Å². The molecule has 0 atom stereocenters. The van der Waals surface area contributed by atoms with Gasteiger partial charge in [-0.15, -0.1) is 0 Å². The van der Waals surface area contributed by atoms with E-state index in [-0.39, 0.29) is 11.3 Å². The first-order valence-corrected chi connectivity index (χ1v) is 7.17. The molecule has 0 saturated heterocycles. The molecule has 1 aromatic carbocycles. The number of amides is 1. The molecule has 1 aliphatic carbocycles. The number of carbonyl (C=O) groups is 1. The van der Waals surface area contributed by atoms with Gasteiger partial charge in [0.05, 0.1) is 17.7 Å². The summed E-state index contributed by atoms with van der Waals surface area (Å²) in [6.45, 7) is 2.42. The summed E-state index contributed by atoms with van der Waals surface area (Å²) in [4.78, 5) is 16.9. The van der Waals surface area contributed by atoms with Crippen LogP contribution < -0.4 is 11.1 Å². The lowest BCUT2D eigenvalue weighted by Gasteiger charge is -2.16. The van der Waals surface area contributed by atoms with Crippen LogP contribution in [0, 0.1) is 6.92 Å². The molecule has 0 spiro atoms. The average Bonchev–Trinajstić information content (AvgIpc) is 3.27. The van der Waals surface area contributed by atoms with Crippen LogP contribution in [0.2, 0.25) is 0 Å². The molecule has 1 aliphatic rings. The number of benzene rings is 1. The van der Waals surface area contributed by atoms with E-state index in [4.69, 9.17) is 5.73 Å². The number of nitrogens with one attached hydrogen (secondary N) is 1. The Kier molecular flexibility index (Phi) is 3.37. The quantitative estimate of drug-likeness (QED) is 0.845. The highest BCUT2D eigenvalue weighted by molar-refractivity contribution is 5.91. The Morgan fingerprint density at radius 2 is 1.95 bits per heavy atom. The van der Waals surface area contributed by atoms with E-state index in [0.717, 1.165) is 35.5 Å². The van der Waals surface area contributed by atoms with E-state index < -0.39 is 0 Å². The molecule has 0 bridgehead atoms. The van der Waals surface area contributed by atoms with Gasteiger partial charge in [0.25, 0.3) is 0 Å². The molecule has 1 saturated carbocycles. The highest BCUT2D eigenvalue weighted by Crippen LogP contribution is 2.48. The SMILES string of the molecule is Cc1cccc(CNC(=O)C2(c3ccc(N)cc3)CC2)n1. The van der Waals surface area contributed by atoms with Crippen LogP contribution in [0.5, 0.6) is 0 Å². The van der Waals surface area contributed by atoms with Crippen molar-refractivity contribution < 1.29 is 4.79 Å². The van der Waals surface area contributed by atoms with Crippen LogP contribution in [0.25, 0.3) is 0 Å². The number of hydrogen-bond acceptors (Lipinski definition) is 3. The summed E-state index contributed by atoms with van der Waals surface area (Å²) >= 11 is 0. The first-order chi connectivity index (χ1) is 10.1. The largest absolute Gasteiger partial charge is 0.399 e. The molecule has 21 heavy (non-hydrogen) atoms. The predicted molar refractivity (Wildman–Crippen MR) is 82.6 cm³/mol. The van der Waals surface area contributed by atoms with Crippen molar-refractivity contribution in [1.29, 1.82) is 0 Å². The van der Waals surface area contributed by atoms with E-state index >= 15 is 0 Å². The normalized spacial score (nSPS) is 15.5. The fourth-order valence-corrected chi connectivity index (χ4v) is 2.61. The molecule has 1 fully saturated rings. The van der Waals surface area contributed by atoms with E-state index in [9.17, 15) is 4.79 Å². The van der Waals surface area contributed by atoms with Crippen LogP contribution >= 0.6 is 0 Å². The molecular formula is C17H19N3O. The Balaban J connectivity index is 1.69. The third kappa shape index (κ3) is 2.75. The molecule has 3 rings (SSSR count). The summed E-state index contributed by atoms with van der Waals surface area (Å²) < 4.78 is 0. The van der Waals surface area contributed by atoms with E-state index in [1.165, 1.54) is 0 Å². The fraction of sp³-hybridized carbons (Fsp3) is 0.294. The summed E-state index contributed by atoms with van der Waals surface area (Å²) in [5, 5.41) is 3.01. The van der Waals surface area contributed by atoms with E-state index in [1.807, 2.05) is 49.4 Å². The van der Waals surface area contributed by atoms with Crippen molar-refractivity contribution >= 4 is 11.6 Å². The lowest BCUT2D eigenvalue weighted by atomic mass is 9.95. The van der Waals surface area contributed by atoms with Crippen LogP contribution in [-0.4, -0.2) is 10.9 Å². The maximum absolute atomic E-state index is 12.5. The number of hydrogen-bond donors (Lipinski definition) is 2. The number of nitrogens with zero attached hydrogens (tertiary/aromatic N) is 1. The molecule has 1 amide bonds. The fourth-order valence-electron chi connectivity index (χ4n) is 2.61. The van der Waals surface area contributed by atoms with Crippen LogP contribution in [0.15, 0.2) is 42.5 Å². The number of rotatable bonds is 4. The van der Waals surface area contributed by atoms with Gasteiger partial charge in [-0.05, 0) is 49.6 Å². The minimum absolute atomic E-state index is 0.0792. The summed E-state index contributed by atoms with van der Waals surface area (Å²) in [7, 11) is 0. The lowest BCUT2D eigenvalue weighted by Crippen LogP contribution is -2.34. The number of pyridine rings is 1. The second kappa shape index (κ2) is 5.20.